The zero-order chi connectivity index (χ0) is 8.27. The first-order valence-electron chi connectivity index (χ1n) is 3.43. The Bertz CT molecular complexity index is 268. The van der Waals surface area contributed by atoms with Gasteiger partial charge in [0.25, 0.3) is 0 Å². The summed E-state index contributed by atoms with van der Waals surface area (Å²) in [5.41, 5.74) is 7.55. The van der Waals surface area contributed by atoms with Crippen molar-refractivity contribution in [3.8, 4) is 0 Å². The minimum absolute atomic E-state index is 0.736. The number of nitrogens with two attached hydrogens (primary N) is 1. The Balaban J connectivity index is 2.86. The quantitative estimate of drug-likeness (QED) is 0.761. The van der Waals surface area contributed by atoms with Crippen molar-refractivity contribution >= 4 is 26.1 Å². The molecule has 0 amide bonds. The number of hydrogen-bond acceptors (Lipinski definition) is 1. The van der Waals surface area contributed by atoms with E-state index in [1.807, 2.05) is 12.1 Å². The molecule has 0 unspecified atom stereocenters. The summed E-state index contributed by atoms with van der Waals surface area (Å²) in [6.45, 7) is 3.68. The first-order chi connectivity index (χ1) is 5.20. The summed E-state index contributed by atoms with van der Waals surface area (Å²) in [5, 5.41) is 0. The van der Waals surface area contributed by atoms with Crippen LogP contribution in [0.15, 0.2) is 36.5 Å². The maximum atomic E-state index is 5.51. The predicted octanol–water partition coefficient (Wildman–Crippen LogP) is 0.495. The van der Waals surface area contributed by atoms with Crippen molar-refractivity contribution in [2.45, 2.75) is 6.42 Å². The molecule has 0 atom stereocenters. The van der Waals surface area contributed by atoms with E-state index in [1.54, 1.807) is 0 Å². The molecule has 0 spiro atoms. The number of hydrogen-bond donors (Lipinski definition) is 1. The molecule has 0 saturated carbocycles. The first-order valence-corrected chi connectivity index (χ1v) is 4.85. The van der Waals surface area contributed by atoms with Crippen LogP contribution in [0.1, 0.15) is 5.56 Å². The van der Waals surface area contributed by atoms with Gasteiger partial charge in [-0.05, 0) is 0 Å². The van der Waals surface area contributed by atoms with E-state index < -0.39 is 0 Å². The molecule has 0 aliphatic heterocycles. The molecule has 3 radical (unpaired) electrons. The van der Waals surface area contributed by atoms with Gasteiger partial charge in [-0.1, -0.05) is 0 Å². The fourth-order valence-corrected chi connectivity index (χ4v) is 1.68. The van der Waals surface area contributed by atoms with Crippen LogP contribution in [0.2, 0.25) is 0 Å². The molecule has 2 N–H and O–H groups in total. The second kappa shape index (κ2) is 3.81. The van der Waals surface area contributed by atoms with Gasteiger partial charge in [0.2, 0.25) is 0 Å². The average Bonchev–Trinajstić information content (AvgIpc) is 1.93. The summed E-state index contributed by atoms with van der Waals surface area (Å²) in [5.74, 6) is 0. The maximum absolute atomic E-state index is 5.51. The minimum atomic E-state index is 0.736. The summed E-state index contributed by atoms with van der Waals surface area (Å²) in [7, 11) is 0. The van der Waals surface area contributed by atoms with Gasteiger partial charge in [0.15, 0.2) is 0 Å². The van der Waals surface area contributed by atoms with E-state index in [0.29, 0.717) is 0 Å². The molecule has 2 heteroatoms. The monoisotopic (exact) mass is 252 g/mol. The Labute approximate surface area is 80.4 Å². The zero-order valence-corrected chi connectivity index (χ0v) is 9.16. The molecule has 1 nitrogen and oxygen atoms in total. The fraction of sp³-hybridized carbons (Fsp3) is 0.111. The number of benzene rings is 1. The molecular formula is C9H10NSn. The Morgan fingerprint density at radius 2 is 2.09 bits per heavy atom. The molecule has 0 fully saturated rings. The van der Waals surface area contributed by atoms with E-state index >= 15 is 0 Å². The van der Waals surface area contributed by atoms with Gasteiger partial charge in [-0.25, -0.2) is 0 Å². The Morgan fingerprint density at radius 1 is 1.45 bits per heavy atom. The molecule has 0 heterocycles. The molecule has 0 bridgehead atoms. The predicted molar refractivity (Wildman–Crippen MR) is 48.9 cm³/mol. The summed E-state index contributed by atoms with van der Waals surface area (Å²) in [6, 6.07) is 8.30. The standard InChI is InChI=1S/C9H10N.Sn/c1-8(10)7-9-5-3-2-4-6-9;/h2-5H,1,7,10H2;. The molecule has 0 aromatic heterocycles. The first kappa shape index (κ1) is 8.65. The fourth-order valence-electron chi connectivity index (χ4n) is 0.919. The zero-order valence-electron chi connectivity index (χ0n) is 6.30. The van der Waals surface area contributed by atoms with Crippen LogP contribution >= 0.6 is 0 Å². The topological polar surface area (TPSA) is 26.0 Å². The van der Waals surface area contributed by atoms with Gasteiger partial charge in [0.05, 0.1) is 0 Å². The van der Waals surface area contributed by atoms with Crippen molar-refractivity contribution in [2.24, 2.45) is 5.73 Å². The van der Waals surface area contributed by atoms with E-state index in [-0.39, 0.29) is 0 Å². The van der Waals surface area contributed by atoms with Crippen molar-refractivity contribution < 1.29 is 0 Å². The van der Waals surface area contributed by atoms with Crippen LogP contribution in [0.4, 0.5) is 0 Å². The van der Waals surface area contributed by atoms with Crippen LogP contribution in [0, 0.1) is 0 Å². The average molecular weight is 251 g/mol. The van der Waals surface area contributed by atoms with Crippen molar-refractivity contribution in [1.82, 2.24) is 0 Å². The molecule has 0 aliphatic carbocycles. The Hall–Kier alpha value is -0.441. The van der Waals surface area contributed by atoms with Crippen LogP contribution in [-0.4, -0.2) is 22.5 Å². The van der Waals surface area contributed by atoms with Crippen molar-refractivity contribution in [3.05, 3.63) is 42.1 Å². The van der Waals surface area contributed by atoms with E-state index in [2.05, 4.69) is 18.7 Å². The summed E-state index contributed by atoms with van der Waals surface area (Å²) in [4.78, 5) is 0. The van der Waals surface area contributed by atoms with Crippen LogP contribution in [0.3, 0.4) is 0 Å². The van der Waals surface area contributed by atoms with Gasteiger partial charge in [-0.2, -0.15) is 0 Å². The second-order valence-corrected chi connectivity index (χ2v) is 4.03. The van der Waals surface area contributed by atoms with Crippen molar-refractivity contribution in [1.29, 1.82) is 0 Å². The van der Waals surface area contributed by atoms with Crippen molar-refractivity contribution in [3.63, 3.8) is 0 Å². The normalized spacial score (nSPS) is 9.55. The molecule has 11 heavy (non-hydrogen) atoms. The van der Waals surface area contributed by atoms with Gasteiger partial charge >= 0.3 is 80.4 Å². The third kappa shape index (κ3) is 2.58. The van der Waals surface area contributed by atoms with E-state index in [0.717, 1.165) is 12.1 Å². The van der Waals surface area contributed by atoms with Crippen LogP contribution in [-0.2, 0) is 6.42 Å². The molecule has 0 saturated heterocycles. The molecule has 0 aliphatic rings. The second-order valence-electron chi connectivity index (χ2n) is 2.49. The van der Waals surface area contributed by atoms with E-state index in [9.17, 15) is 0 Å². The van der Waals surface area contributed by atoms with Gasteiger partial charge in [-0.15, -0.1) is 0 Å². The molecular weight excluding hydrogens is 241 g/mol. The van der Waals surface area contributed by atoms with Gasteiger partial charge in [0.1, 0.15) is 0 Å². The summed E-state index contributed by atoms with van der Waals surface area (Å²) < 4.78 is 1.37. The van der Waals surface area contributed by atoms with E-state index in [4.69, 9.17) is 5.73 Å². The molecule has 1 rings (SSSR count). The Morgan fingerprint density at radius 3 is 2.64 bits per heavy atom. The van der Waals surface area contributed by atoms with E-state index in [1.165, 1.54) is 31.7 Å². The third-order valence-corrected chi connectivity index (χ3v) is 2.83. The van der Waals surface area contributed by atoms with Crippen LogP contribution < -0.4 is 9.31 Å². The third-order valence-electron chi connectivity index (χ3n) is 1.43. The van der Waals surface area contributed by atoms with Gasteiger partial charge < -0.3 is 0 Å². The van der Waals surface area contributed by atoms with Crippen LogP contribution in [0.5, 0.6) is 0 Å². The van der Waals surface area contributed by atoms with Gasteiger partial charge in [0, 0.05) is 0 Å². The van der Waals surface area contributed by atoms with Crippen molar-refractivity contribution in [2.75, 3.05) is 0 Å². The van der Waals surface area contributed by atoms with Crippen LogP contribution in [0.25, 0.3) is 0 Å². The summed E-state index contributed by atoms with van der Waals surface area (Å²) >= 11 is 1.44. The SMILES string of the molecule is C=C(N)Cc1cccc[c]1[Sn]. The van der Waals surface area contributed by atoms with Gasteiger partial charge in [-0.3, -0.25) is 0 Å². The number of allylic oxidation sites excluding steroid dienone is 1. The molecule has 1 aromatic carbocycles. The molecule has 1 aromatic rings. The summed E-state index contributed by atoms with van der Waals surface area (Å²) in [6.07, 6.45) is 0.807. The number of rotatable bonds is 2. The Kier molecular flexibility index (Phi) is 3.00. The molecule has 55 valence electrons.